The first kappa shape index (κ1) is 21.6. The molecule has 0 saturated carbocycles. The fourth-order valence-corrected chi connectivity index (χ4v) is 2.24. The first-order valence-electron chi connectivity index (χ1n) is 9.05. The van der Waals surface area contributed by atoms with Crippen LogP contribution >= 0.6 is 0 Å². The van der Waals surface area contributed by atoms with Crippen LogP contribution in [-0.4, -0.2) is 22.3 Å². The zero-order chi connectivity index (χ0) is 17.2. The third kappa shape index (κ3) is 18.6. The Hall–Kier alpha value is -1.35. The summed E-state index contributed by atoms with van der Waals surface area (Å²) in [6.07, 6.45) is 22.6. The lowest BCUT2D eigenvalue weighted by Crippen LogP contribution is -2.03. The Morgan fingerprint density at radius 2 is 1.70 bits per heavy atom. The molecule has 0 aromatic carbocycles. The van der Waals surface area contributed by atoms with Gasteiger partial charge in [-0.2, -0.15) is 0 Å². The fraction of sp³-hybridized carbons (Fsp3) is 0.650. The van der Waals surface area contributed by atoms with Gasteiger partial charge in [0.15, 0.2) is 0 Å². The summed E-state index contributed by atoms with van der Waals surface area (Å²) in [5.41, 5.74) is 0. The smallest absolute Gasteiger partial charge is 0.303 e. The first-order chi connectivity index (χ1) is 11.2. The summed E-state index contributed by atoms with van der Waals surface area (Å²) < 4.78 is 0. The van der Waals surface area contributed by atoms with Gasteiger partial charge in [-0.05, 0) is 32.1 Å². The standard InChI is InChI=1S/C20H34O3/c1-2-3-4-5-6-7-8-9-10-11-12-13-14-16-19(21)17-15-18-20(22)23/h9-10,12-14,16,19,21H,2-8,11,15,17-18H2,1H3,(H,22,23)/t19-/m1/s1. The summed E-state index contributed by atoms with van der Waals surface area (Å²) in [5, 5.41) is 18.1. The van der Waals surface area contributed by atoms with E-state index in [1.807, 2.05) is 12.2 Å². The Morgan fingerprint density at radius 1 is 0.957 bits per heavy atom. The lowest BCUT2D eigenvalue weighted by molar-refractivity contribution is -0.137. The minimum Gasteiger partial charge on any atom is -0.481 e. The van der Waals surface area contributed by atoms with Gasteiger partial charge in [0.2, 0.25) is 0 Å². The van der Waals surface area contributed by atoms with Crippen molar-refractivity contribution in [3.8, 4) is 0 Å². The quantitative estimate of drug-likeness (QED) is 0.241. The van der Waals surface area contributed by atoms with E-state index in [-0.39, 0.29) is 6.42 Å². The number of aliphatic hydroxyl groups is 1. The van der Waals surface area contributed by atoms with Crippen molar-refractivity contribution in [3.63, 3.8) is 0 Å². The number of carbonyl (C=O) groups is 1. The van der Waals surface area contributed by atoms with E-state index in [1.54, 1.807) is 6.08 Å². The number of rotatable bonds is 15. The summed E-state index contributed by atoms with van der Waals surface area (Å²) in [6.45, 7) is 2.24. The molecule has 0 aromatic rings. The van der Waals surface area contributed by atoms with E-state index in [0.29, 0.717) is 12.8 Å². The van der Waals surface area contributed by atoms with Crippen molar-refractivity contribution in [2.24, 2.45) is 0 Å². The van der Waals surface area contributed by atoms with Gasteiger partial charge in [0, 0.05) is 6.42 Å². The molecule has 132 valence electrons. The second-order valence-electron chi connectivity index (χ2n) is 5.93. The molecule has 0 aliphatic rings. The molecule has 1 atom stereocenters. The molecule has 0 fully saturated rings. The topological polar surface area (TPSA) is 57.5 Å². The molecule has 0 aliphatic heterocycles. The van der Waals surface area contributed by atoms with Gasteiger partial charge in [-0.25, -0.2) is 0 Å². The van der Waals surface area contributed by atoms with Crippen molar-refractivity contribution < 1.29 is 15.0 Å². The molecule has 0 aromatic heterocycles. The van der Waals surface area contributed by atoms with Gasteiger partial charge in [0.05, 0.1) is 6.10 Å². The van der Waals surface area contributed by atoms with Crippen molar-refractivity contribution >= 4 is 5.97 Å². The molecule has 2 N–H and O–H groups in total. The highest BCUT2D eigenvalue weighted by molar-refractivity contribution is 5.66. The number of aliphatic carboxylic acids is 1. The highest BCUT2D eigenvalue weighted by atomic mass is 16.4. The second-order valence-corrected chi connectivity index (χ2v) is 5.93. The SMILES string of the molecule is CCCCCCCCC=CCC=CC=C[C@@H](O)CCCC(=O)O. The second kappa shape index (κ2) is 17.0. The van der Waals surface area contributed by atoms with Gasteiger partial charge >= 0.3 is 5.97 Å². The fourth-order valence-electron chi connectivity index (χ4n) is 2.24. The first-order valence-corrected chi connectivity index (χ1v) is 9.05. The number of carboxylic acid groups (broad SMARTS) is 1. The van der Waals surface area contributed by atoms with E-state index in [0.717, 1.165) is 12.8 Å². The molecule has 0 spiro atoms. The van der Waals surface area contributed by atoms with Crippen molar-refractivity contribution in [2.75, 3.05) is 0 Å². The summed E-state index contributed by atoms with van der Waals surface area (Å²) in [7, 11) is 0. The largest absolute Gasteiger partial charge is 0.481 e. The maximum Gasteiger partial charge on any atom is 0.303 e. The Morgan fingerprint density at radius 3 is 2.43 bits per heavy atom. The van der Waals surface area contributed by atoms with Crippen LogP contribution in [0.5, 0.6) is 0 Å². The number of hydrogen-bond donors (Lipinski definition) is 2. The highest BCUT2D eigenvalue weighted by Crippen LogP contribution is 2.07. The van der Waals surface area contributed by atoms with Crippen LogP contribution in [0.15, 0.2) is 36.5 Å². The molecular formula is C20H34O3. The van der Waals surface area contributed by atoms with E-state index in [1.165, 1.54) is 38.5 Å². The summed E-state index contributed by atoms with van der Waals surface area (Å²) >= 11 is 0. The number of carboxylic acids is 1. The van der Waals surface area contributed by atoms with Crippen LogP contribution in [0.25, 0.3) is 0 Å². The maximum absolute atomic E-state index is 10.3. The Balaban J connectivity index is 3.49. The molecular weight excluding hydrogens is 288 g/mol. The summed E-state index contributed by atoms with van der Waals surface area (Å²) in [5.74, 6) is -0.811. The number of allylic oxidation sites excluding steroid dienone is 5. The van der Waals surface area contributed by atoms with Gasteiger partial charge in [0.25, 0.3) is 0 Å². The summed E-state index contributed by atoms with van der Waals surface area (Å²) in [6, 6.07) is 0. The Bertz CT molecular complexity index is 356. The van der Waals surface area contributed by atoms with Crippen molar-refractivity contribution in [1.29, 1.82) is 0 Å². The third-order valence-corrected chi connectivity index (χ3v) is 3.63. The Labute approximate surface area is 141 Å². The minimum atomic E-state index is -0.811. The average Bonchev–Trinajstić information content (AvgIpc) is 2.51. The molecule has 0 unspecified atom stereocenters. The Kier molecular flexibility index (Phi) is 16.0. The van der Waals surface area contributed by atoms with Crippen LogP contribution < -0.4 is 0 Å². The molecule has 3 heteroatoms. The number of aliphatic hydroxyl groups excluding tert-OH is 1. The minimum absolute atomic E-state index is 0.115. The van der Waals surface area contributed by atoms with E-state index >= 15 is 0 Å². The molecule has 23 heavy (non-hydrogen) atoms. The van der Waals surface area contributed by atoms with Crippen LogP contribution in [0.4, 0.5) is 0 Å². The summed E-state index contributed by atoms with van der Waals surface area (Å²) in [4.78, 5) is 10.3. The molecule has 0 radical (unpaired) electrons. The van der Waals surface area contributed by atoms with E-state index in [2.05, 4.69) is 25.2 Å². The molecule has 0 rings (SSSR count). The zero-order valence-corrected chi connectivity index (χ0v) is 14.6. The van der Waals surface area contributed by atoms with E-state index in [9.17, 15) is 9.90 Å². The monoisotopic (exact) mass is 322 g/mol. The predicted octanol–water partition coefficient (Wildman–Crippen LogP) is 5.41. The van der Waals surface area contributed by atoms with E-state index < -0.39 is 12.1 Å². The van der Waals surface area contributed by atoms with Crippen molar-refractivity contribution in [3.05, 3.63) is 36.5 Å². The van der Waals surface area contributed by atoms with Crippen LogP contribution in [-0.2, 0) is 4.79 Å². The van der Waals surface area contributed by atoms with Crippen LogP contribution in [0, 0.1) is 0 Å². The molecule has 0 amide bonds. The van der Waals surface area contributed by atoms with Gasteiger partial charge in [-0.15, -0.1) is 0 Å². The molecule has 0 bridgehead atoms. The van der Waals surface area contributed by atoms with Gasteiger partial charge in [-0.1, -0.05) is 75.5 Å². The normalized spacial score (nSPS) is 13.5. The number of hydrogen-bond acceptors (Lipinski definition) is 2. The van der Waals surface area contributed by atoms with Gasteiger partial charge < -0.3 is 10.2 Å². The molecule has 0 heterocycles. The van der Waals surface area contributed by atoms with E-state index in [4.69, 9.17) is 5.11 Å². The average molecular weight is 322 g/mol. The lowest BCUT2D eigenvalue weighted by Gasteiger charge is -2.02. The predicted molar refractivity (Wildman–Crippen MR) is 97.5 cm³/mol. The number of unbranched alkanes of at least 4 members (excludes halogenated alkanes) is 6. The molecule has 0 aliphatic carbocycles. The zero-order valence-electron chi connectivity index (χ0n) is 14.6. The van der Waals surface area contributed by atoms with Crippen molar-refractivity contribution in [2.45, 2.75) is 83.7 Å². The van der Waals surface area contributed by atoms with Crippen LogP contribution in [0.3, 0.4) is 0 Å². The lowest BCUT2D eigenvalue weighted by atomic mass is 10.1. The van der Waals surface area contributed by atoms with Crippen LogP contribution in [0.1, 0.15) is 77.6 Å². The van der Waals surface area contributed by atoms with Crippen LogP contribution in [0.2, 0.25) is 0 Å². The van der Waals surface area contributed by atoms with Gasteiger partial charge in [-0.3, -0.25) is 4.79 Å². The van der Waals surface area contributed by atoms with Crippen molar-refractivity contribution in [1.82, 2.24) is 0 Å². The highest BCUT2D eigenvalue weighted by Gasteiger charge is 2.01. The maximum atomic E-state index is 10.3. The molecule has 3 nitrogen and oxygen atoms in total. The van der Waals surface area contributed by atoms with Gasteiger partial charge in [0.1, 0.15) is 0 Å². The molecule has 0 saturated heterocycles. The third-order valence-electron chi connectivity index (χ3n) is 3.63.